The van der Waals surface area contributed by atoms with Gasteiger partial charge in [0, 0.05) is 15.5 Å². The normalized spacial score (nSPS) is 12.0. The second-order valence-corrected chi connectivity index (χ2v) is 6.88. The topological polar surface area (TPSA) is 59.9 Å². The van der Waals surface area contributed by atoms with Crippen LogP contribution in [-0.4, -0.2) is 31.6 Å². The molecule has 25 heavy (non-hydrogen) atoms. The van der Waals surface area contributed by atoms with Crippen LogP contribution in [0.4, 0.5) is 0 Å². The van der Waals surface area contributed by atoms with Crippen LogP contribution >= 0.6 is 23.4 Å². The third kappa shape index (κ3) is 5.41. The number of halogens is 1. The van der Waals surface area contributed by atoms with Crippen molar-refractivity contribution in [1.82, 2.24) is 5.43 Å². The molecule has 132 valence electrons. The summed E-state index contributed by atoms with van der Waals surface area (Å²) in [6, 6.07) is 12.8. The van der Waals surface area contributed by atoms with Crippen LogP contribution in [0, 0.1) is 0 Å². The molecule has 2 aromatic rings. The van der Waals surface area contributed by atoms with Gasteiger partial charge >= 0.3 is 0 Å². The molecular formula is C18H19ClN2O3S. The Hall–Kier alpha value is -2.18. The van der Waals surface area contributed by atoms with Gasteiger partial charge in [-0.15, -0.1) is 11.8 Å². The van der Waals surface area contributed by atoms with Crippen LogP contribution in [0.15, 0.2) is 52.5 Å². The summed E-state index contributed by atoms with van der Waals surface area (Å²) in [7, 11) is 3.12. The number of hydrogen-bond acceptors (Lipinski definition) is 5. The molecule has 5 nitrogen and oxygen atoms in total. The van der Waals surface area contributed by atoms with Gasteiger partial charge in [0.2, 0.25) is 0 Å². The fourth-order valence-corrected chi connectivity index (χ4v) is 3.03. The number of hydrazone groups is 1. The monoisotopic (exact) mass is 378 g/mol. The first-order valence-electron chi connectivity index (χ1n) is 7.51. The van der Waals surface area contributed by atoms with Crippen LogP contribution in [0.3, 0.4) is 0 Å². The molecule has 0 bridgehead atoms. The van der Waals surface area contributed by atoms with Crippen LogP contribution in [0.5, 0.6) is 11.5 Å². The van der Waals surface area contributed by atoms with Crippen molar-refractivity contribution in [2.45, 2.75) is 17.1 Å². The molecule has 0 heterocycles. The minimum atomic E-state index is -0.300. The Morgan fingerprint density at radius 3 is 2.56 bits per heavy atom. The van der Waals surface area contributed by atoms with Crippen molar-refractivity contribution in [3.8, 4) is 11.5 Å². The van der Waals surface area contributed by atoms with Crippen molar-refractivity contribution in [3.05, 3.63) is 53.1 Å². The van der Waals surface area contributed by atoms with Crippen LogP contribution in [0.2, 0.25) is 5.02 Å². The Balaban J connectivity index is 1.97. The van der Waals surface area contributed by atoms with Crippen LogP contribution < -0.4 is 14.9 Å². The number of para-hydroxylation sites is 1. The summed E-state index contributed by atoms with van der Waals surface area (Å²) in [5.74, 6) is 0.967. The number of hydrogen-bond donors (Lipinski definition) is 1. The maximum atomic E-state index is 12.2. The summed E-state index contributed by atoms with van der Waals surface area (Å²) in [4.78, 5) is 13.1. The van der Waals surface area contributed by atoms with Gasteiger partial charge in [-0.3, -0.25) is 4.79 Å². The van der Waals surface area contributed by atoms with E-state index in [4.69, 9.17) is 21.1 Å². The third-order valence-electron chi connectivity index (χ3n) is 3.31. The number of carbonyl (C=O) groups is 1. The van der Waals surface area contributed by atoms with Crippen LogP contribution in [0.1, 0.15) is 12.5 Å². The molecule has 0 fully saturated rings. The Morgan fingerprint density at radius 1 is 1.20 bits per heavy atom. The third-order valence-corrected chi connectivity index (χ3v) is 4.67. The smallest absolute Gasteiger partial charge is 0.253 e. The highest BCUT2D eigenvalue weighted by Crippen LogP contribution is 2.29. The van der Waals surface area contributed by atoms with E-state index < -0.39 is 0 Å². The molecule has 0 aliphatic carbocycles. The fraction of sp³-hybridized carbons (Fsp3) is 0.222. The van der Waals surface area contributed by atoms with E-state index in [0.717, 1.165) is 4.90 Å². The minimum absolute atomic E-state index is 0.196. The van der Waals surface area contributed by atoms with Crippen molar-refractivity contribution < 1.29 is 14.3 Å². The van der Waals surface area contributed by atoms with Crippen LogP contribution in [-0.2, 0) is 4.79 Å². The Morgan fingerprint density at radius 2 is 1.92 bits per heavy atom. The van der Waals surface area contributed by atoms with E-state index in [1.807, 2.05) is 31.2 Å². The molecular weight excluding hydrogens is 360 g/mol. The second-order valence-electron chi connectivity index (χ2n) is 5.03. The van der Waals surface area contributed by atoms with Crippen molar-refractivity contribution in [3.63, 3.8) is 0 Å². The molecule has 2 rings (SSSR count). The molecule has 2 aromatic carbocycles. The van der Waals surface area contributed by atoms with E-state index in [-0.39, 0.29) is 11.2 Å². The first-order valence-corrected chi connectivity index (χ1v) is 8.77. The number of nitrogens with one attached hydrogen (secondary N) is 1. The van der Waals surface area contributed by atoms with Gasteiger partial charge in [0.25, 0.3) is 5.91 Å². The molecule has 1 amide bonds. The van der Waals surface area contributed by atoms with Gasteiger partial charge in [-0.1, -0.05) is 17.7 Å². The van der Waals surface area contributed by atoms with E-state index in [1.165, 1.54) is 18.0 Å². The molecule has 0 aliphatic rings. The highest BCUT2D eigenvalue weighted by atomic mass is 35.5. The largest absolute Gasteiger partial charge is 0.493 e. The molecule has 0 saturated heterocycles. The number of benzene rings is 2. The molecule has 0 aliphatic heterocycles. The zero-order chi connectivity index (χ0) is 18.2. The Labute approximate surface area is 156 Å². The zero-order valence-electron chi connectivity index (χ0n) is 14.2. The van der Waals surface area contributed by atoms with Crippen molar-refractivity contribution in [2.75, 3.05) is 14.2 Å². The first kappa shape index (κ1) is 19.1. The van der Waals surface area contributed by atoms with Gasteiger partial charge in [0.05, 0.1) is 25.7 Å². The predicted octanol–water partition coefficient (Wildman–Crippen LogP) is 3.99. The molecule has 0 unspecified atom stereocenters. The molecule has 0 radical (unpaired) electrons. The quantitative estimate of drug-likeness (QED) is 0.449. The van der Waals surface area contributed by atoms with Crippen LogP contribution in [0.25, 0.3) is 0 Å². The summed E-state index contributed by atoms with van der Waals surface area (Å²) in [5.41, 5.74) is 3.25. The highest BCUT2D eigenvalue weighted by molar-refractivity contribution is 8.00. The van der Waals surface area contributed by atoms with E-state index in [9.17, 15) is 4.79 Å². The summed E-state index contributed by atoms with van der Waals surface area (Å²) in [6.07, 6.45) is 1.53. The molecule has 0 saturated carbocycles. The lowest BCUT2D eigenvalue weighted by Gasteiger charge is -2.10. The van der Waals surface area contributed by atoms with E-state index >= 15 is 0 Å². The van der Waals surface area contributed by atoms with Gasteiger partial charge in [0.15, 0.2) is 11.5 Å². The average molecular weight is 379 g/mol. The maximum absolute atomic E-state index is 12.2. The number of rotatable bonds is 7. The number of carbonyl (C=O) groups excluding carboxylic acids is 1. The van der Waals surface area contributed by atoms with E-state index in [2.05, 4.69) is 10.5 Å². The van der Waals surface area contributed by atoms with Gasteiger partial charge in [0.1, 0.15) is 0 Å². The number of nitrogens with zero attached hydrogens (tertiary/aromatic N) is 1. The summed E-state index contributed by atoms with van der Waals surface area (Å²) < 4.78 is 10.5. The first-order chi connectivity index (χ1) is 12.0. The molecule has 1 N–H and O–H groups in total. The number of amides is 1. The summed E-state index contributed by atoms with van der Waals surface area (Å²) >= 11 is 7.29. The van der Waals surface area contributed by atoms with Gasteiger partial charge in [-0.2, -0.15) is 5.10 Å². The average Bonchev–Trinajstić information content (AvgIpc) is 2.63. The molecule has 0 aromatic heterocycles. The Kier molecular flexibility index (Phi) is 7.16. The fourth-order valence-electron chi connectivity index (χ4n) is 2.04. The van der Waals surface area contributed by atoms with Crippen molar-refractivity contribution in [2.24, 2.45) is 5.10 Å². The second kappa shape index (κ2) is 9.34. The standard InChI is InChI=1S/C18H19ClN2O3S/c1-12(25-15-9-7-14(19)8-10-15)18(22)21-20-11-13-5-4-6-16(23-2)17(13)24-3/h4-12H,1-3H3,(H,21,22)/b20-11-/t12-/m0/s1. The lowest BCUT2D eigenvalue weighted by atomic mass is 10.2. The number of ether oxygens (including phenoxy) is 2. The highest BCUT2D eigenvalue weighted by Gasteiger charge is 2.14. The summed E-state index contributed by atoms with van der Waals surface area (Å²) in [5, 5.41) is 4.37. The molecule has 7 heteroatoms. The predicted molar refractivity (Wildman–Crippen MR) is 102 cm³/mol. The van der Waals surface area contributed by atoms with Gasteiger partial charge < -0.3 is 9.47 Å². The van der Waals surface area contributed by atoms with Crippen molar-refractivity contribution in [1.29, 1.82) is 0 Å². The van der Waals surface area contributed by atoms with Crippen molar-refractivity contribution >= 4 is 35.5 Å². The molecule has 1 atom stereocenters. The van der Waals surface area contributed by atoms with Gasteiger partial charge in [-0.05, 0) is 43.3 Å². The Bertz CT molecular complexity index is 750. The zero-order valence-corrected chi connectivity index (χ0v) is 15.7. The SMILES string of the molecule is COc1cccc(/C=N\NC(=O)[C@H](C)Sc2ccc(Cl)cc2)c1OC. The van der Waals surface area contributed by atoms with E-state index in [0.29, 0.717) is 22.1 Å². The molecule has 0 spiro atoms. The lowest BCUT2D eigenvalue weighted by molar-refractivity contribution is -0.120. The maximum Gasteiger partial charge on any atom is 0.253 e. The number of methoxy groups -OCH3 is 2. The summed E-state index contributed by atoms with van der Waals surface area (Å²) in [6.45, 7) is 1.82. The number of thioether (sulfide) groups is 1. The minimum Gasteiger partial charge on any atom is -0.493 e. The van der Waals surface area contributed by atoms with Gasteiger partial charge in [-0.25, -0.2) is 5.43 Å². The lowest BCUT2D eigenvalue weighted by Crippen LogP contribution is -2.26. The van der Waals surface area contributed by atoms with E-state index in [1.54, 1.807) is 32.4 Å².